The van der Waals surface area contributed by atoms with Crippen molar-refractivity contribution in [1.29, 1.82) is 0 Å². The van der Waals surface area contributed by atoms with E-state index in [1.165, 1.54) is 0 Å². The van der Waals surface area contributed by atoms with Gasteiger partial charge in [-0.2, -0.15) is 0 Å². The molecule has 3 N–H and O–H groups in total. The van der Waals surface area contributed by atoms with E-state index >= 15 is 0 Å². The van der Waals surface area contributed by atoms with Crippen LogP contribution in [0.25, 0.3) is 0 Å². The van der Waals surface area contributed by atoms with Gasteiger partial charge in [-0.1, -0.05) is 12.1 Å². The molecule has 0 spiro atoms. The van der Waals surface area contributed by atoms with Crippen molar-refractivity contribution in [3.8, 4) is 0 Å². The fraction of sp³-hybridized carbons (Fsp3) is 0.588. The molecule has 26 heavy (non-hydrogen) atoms. The SMILES string of the molecule is O=C(NCc1ccc(S(=O)(=O)NCC2CCCO2)cc1)C1COCCN1. The summed E-state index contributed by atoms with van der Waals surface area (Å²) in [4.78, 5) is 12.2. The quantitative estimate of drug-likeness (QED) is 0.600. The van der Waals surface area contributed by atoms with Crippen molar-refractivity contribution in [3.05, 3.63) is 29.8 Å². The maximum absolute atomic E-state index is 12.3. The molecule has 0 aliphatic carbocycles. The molecule has 2 fully saturated rings. The van der Waals surface area contributed by atoms with Gasteiger partial charge in [0.1, 0.15) is 6.04 Å². The topological polar surface area (TPSA) is 106 Å². The number of amides is 1. The summed E-state index contributed by atoms with van der Waals surface area (Å²) in [6, 6.07) is 6.14. The van der Waals surface area contributed by atoms with E-state index in [-0.39, 0.29) is 29.5 Å². The number of hydrogen-bond donors (Lipinski definition) is 3. The molecule has 0 radical (unpaired) electrons. The van der Waals surface area contributed by atoms with Gasteiger partial charge in [-0.25, -0.2) is 13.1 Å². The van der Waals surface area contributed by atoms with Crippen LogP contribution < -0.4 is 15.4 Å². The Kier molecular flexibility index (Phi) is 6.60. The van der Waals surface area contributed by atoms with E-state index in [9.17, 15) is 13.2 Å². The molecular weight excluding hydrogens is 358 g/mol. The predicted molar refractivity (Wildman–Crippen MR) is 95.1 cm³/mol. The highest BCUT2D eigenvalue weighted by Gasteiger charge is 2.21. The first kappa shape index (κ1) is 19.2. The molecule has 2 unspecified atom stereocenters. The maximum atomic E-state index is 12.3. The molecule has 1 aromatic rings. The van der Waals surface area contributed by atoms with Gasteiger partial charge in [0.05, 0.1) is 24.2 Å². The Morgan fingerprint density at radius 3 is 2.69 bits per heavy atom. The molecular formula is C17H25N3O5S. The summed E-state index contributed by atoms with van der Waals surface area (Å²) < 4.78 is 37.9. The van der Waals surface area contributed by atoms with Crippen LogP contribution in [0, 0.1) is 0 Å². The molecule has 8 nitrogen and oxygen atoms in total. The Morgan fingerprint density at radius 1 is 1.23 bits per heavy atom. The molecule has 0 aromatic heterocycles. The van der Waals surface area contributed by atoms with Gasteiger partial charge in [-0.05, 0) is 30.5 Å². The van der Waals surface area contributed by atoms with Crippen molar-refractivity contribution in [2.75, 3.05) is 32.9 Å². The number of carbonyl (C=O) groups excluding carboxylic acids is 1. The zero-order valence-corrected chi connectivity index (χ0v) is 15.4. The van der Waals surface area contributed by atoms with Crippen LogP contribution in [0.3, 0.4) is 0 Å². The molecule has 0 bridgehead atoms. The summed E-state index contributed by atoms with van der Waals surface area (Å²) in [5, 5.41) is 5.91. The zero-order chi connectivity index (χ0) is 18.4. The van der Waals surface area contributed by atoms with E-state index in [1.54, 1.807) is 24.3 Å². The zero-order valence-electron chi connectivity index (χ0n) is 14.6. The molecule has 2 aliphatic rings. The third kappa shape index (κ3) is 5.24. The van der Waals surface area contributed by atoms with Crippen LogP contribution in [0.4, 0.5) is 0 Å². The van der Waals surface area contributed by atoms with Crippen molar-refractivity contribution < 1.29 is 22.7 Å². The number of morpholine rings is 1. The van der Waals surface area contributed by atoms with Crippen LogP contribution in [0.5, 0.6) is 0 Å². The molecule has 2 aliphatic heterocycles. The lowest BCUT2D eigenvalue weighted by Gasteiger charge is -2.22. The van der Waals surface area contributed by atoms with Gasteiger partial charge in [-0.15, -0.1) is 0 Å². The number of benzene rings is 1. The molecule has 2 atom stereocenters. The van der Waals surface area contributed by atoms with Gasteiger partial charge < -0.3 is 20.1 Å². The standard InChI is InChI=1S/C17H25N3O5S/c21-17(16-12-24-9-7-18-16)19-10-13-3-5-15(6-4-13)26(22,23)20-11-14-2-1-8-25-14/h3-6,14,16,18,20H,1-2,7-12H2,(H,19,21). The normalized spacial score (nSPS) is 23.7. The minimum absolute atomic E-state index is 0.0448. The average Bonchev–Trinajstić information content (AvgIpc) is 3.19. The van der Waals surface area contributed by atoms with Crippen molar-refractivity contribution >= 4 is 15.9 Å². The Hall–Kier alpha value is -1.52. The highest BCUT2D eigenvalue weighted by Crippen LogP contribution is 2.14. The minimum Gasteiger partial charge on any atom is -0.378 e. The summed E-state index contributed by atoms with van der Waals surface area (Å²) in [6.07, 6.45) is 1.80. The monoisotopic (exact) mass is 383 g/mol. The maximum Gasteiger partial charge on any atom is 0.240 e. The molecule has 1 aromatic carbocycles. The summed E-state index contributed by atoms with van der Waals surface area (Å²) in [5.41, 5.74) is 0.827. The van der Waals surface area contributed by atoms with Crippen LogP contribution >= 0.6 is 0 Å². The molecule has 2 saturated heterocycles. The molecule has 3 rings (SSSR count). The van der Waals surface area contributed by atoms with Crippen LogP contribution in [0.1, 0.15) is 18.4 Å². The largest absolute Gasteiger partial charge is 0.378 e. The van der Waals surface area contributed by atoms with Crippen molar-refractivity contribution in [3.63, 3.8) is 0 Å². The van der Waals surface area contributed by atoms with Crippen LogP contribution in [-0.2, 0) is 30.8 Å². The number of sulfonamides is 1. The second-order valence-corrected chi connectivity index (χ2v) is 8.20. The Labute approximate surface area is 153 Å². The number of nitrogens with one attached hydrogen (secondary N) is 3. The first-order valence-electron chi connectivity index (χ1n) is 8.84. The first-order valence-corrected chi connectivity index (χ1v) is 10.3. The molecule has 0 saturated carbocycles. The Bertz CT molecular complexity index is 696. The fourth-order valence-electron chi connectivity index (χ4n) is 2.92. The first-order chi connectivity index (χ1) is 12.5. The van der Waals surface area contributed by atoms with Gasteiger partial charge in [0.15, 0.2) is 0 Å². The van der Waals surface area contributed by atoms with E-state index in [4.69, 9.17) is 9.47 Å². The molecule has 2 heterocycles. The van der Waals surface area contributed by atoms with Gasteiger partial charge in [0, 0.05) is 26.2 Å². The lowest BCUT2D eigenvalue weighted by atomic mass is 10.2. The number of hydrogen-bond acceptors (Lipinski definition) is 6. The van der Waals surface area contributed by atoms with E-state index in [2.05, 4.69) is 15.4 Å². The van der Waals surface area contributed by atoms with Crippen LogP contribution in [-0.4, -0.2) is 59.4 Å². The number of rotatable bonds is 7. The highest BCUT2D eigenvalue weighted by atomic mass is 32.2. The summed E-state index contributed by atoms with van der Waals surface area (Å²) in [6.45, 7) is 2.94. The fourth-order valence-corrected chi connectivity index (χ4v) is 3.99. The Morgan fingerprint density at radius 2 is 2.04 bits per heavy atom. The smallest absolute Gasteiger partial charge is 0.240 e. The molecule has 9 heteroatoms. The second-order valence-electron chi connectivity index (χ2n) is 6.43. The van der Waals surface area contributed by atoms with Crippen molar-refractivity contribution in [2.45, 2.75) is 36.4 Å². The van der Waals surface area contributed by atoms with Gasteiger partial charge >= 0.3 is 0 Å². The summed E-state index contributed by atoms with van der Waals surface area (Å²) >= 11 is 0. The number of carbonyl (C=O) groups is 1. The minimum atomic E-state index is -3.56. The highest BCUT2D eigenvalue weighted by molar-refractivity contribution is 7.89. The van der Waals surface area contributed by atoms with Gasteiger partial charge in [0.25, 0.3) is 0 Å². The Balaban J connectivity index is 1.49. The summed E-state index contributed by atoms with van der Waals surface area (Å²) in [7, 11) is -3.56. The summed E-state index contributed by atoms with van der Waals surface area (Å²) in [5.74, 6) is -0.125. The second kappa shape index (κ2) is 8.92. The predicted octanol–water partition coefficient (Wildman–Crippen LogP) is -0.251. The van der Waals surface area contributed by atoms with Gasteiger partial charge in [-0.3, -0.25) is 4.79 Å². The van der Waals surface area contributed by atoms with Crippen molar-refractivity contribution in [1.82, 2.24) is 15.4 Å². The lowest BCUT2D eigenvalue weighted by Crippen LogP contribution is -2.51. The van der Waals surface area contributed by atoms with E-state index in [0.717, 1.165) is 18.4 Å². The third-order valence-corrected chi connectivity index (χ3v) is 5.90. The average molecular weight is 383 g/mol. The van der Waals surface area contributed by atoms with E-state index < -0.39 is 10.0 Å². The van der Waals surface area contributed by atoms with E-state index in [0.29, 0.717) is 32.9 Å². The lowest BCUT2D eigenvalue weighted by molar-refractivity contribution is -0.126. The van der Waals surface area contributed by atoms with Gasteiger partial charge in [0.2, 0.25) is 15.9 Å². The molecule has 1 amide bonds. The van der Waals surface area contributed by atoms with Crippen LogP contribution in [0.2, 0.25) is 0 Å². The van der Waals surface area contributed by atoms with Crippen LogP contribution in [0.15, 0.2) is 29.2 Å². The van der Waals surface area contributed by atoms with E-state index in [1.807, 2.05) is 0 Å². The van der Waals surface area contributed by atoms with Crippen molar-refractivity contribution in [2.24, 2.45) is 0 Å². The third-order valence-electron chi connectivity index (χ3n) is 4.46. The molecule has 144 valence electrons. The number of ether oxygens (including phenoxy) is 2.